The maximum atomic E-state index is 10.4. The second-order valence-electron chi connectivity index (χ2n) is 6.19. The summed E-state index contributed by atoms with van der Waals surface area (Å²) in [5.41, 5.74) is 0. The van der Waals surface area contributed by atoms with Gasteiger partial charge in [-0.25, -0.2) is 4.79 Å². The van der Waals surface area contributed by atoms with Crippen molar-refractivity contribution in [2.75, 3.05) is 0 Å². The van der Waals surface area contributed by atoms with Crippen LogP contribution in [0.25, 0.3) is 0 Å². The lowest BCUT2D eigenvalue weighted by molar-refractivity contribution is -0.131. The van der Waals surface area contributed by atoms with Gasteiger partial charge in [-0.1, -0.05) is 88.7 Å². The van der Waals surface area contributed by atoms with Gasteiger partial charge in [0.2, 0.25) is 0 Å². The molecule has 0 aliphatic rings. The van der Waals surface area contributed by atoms with Crippen molar-refractivity contribution >= 4 is 28.6 Å². The van der Waals surface area contributed by atoms with E-state index in [1.165, 1.54) is 63.9 Å². The Balaban J connectivity index is 3.75. The second kappa shape index (κ2) is 18.5. The molecule has 0 rings (SSSR count). The van der Waals surface area contributed by atoms with Crippen molar-refractivity contribution < 1.29 is 15.0 Å². The van der Waals surface area contributed by atoms with Crippen LogP contribution in [-0.2, 0) is 4.79 Å². The second-order valence-corrected chi connectivity index (χ2v) is 7.36. The Labute approximate surface area is 172 Å². The summed E-state index contributed by atoms with van der Waals surface area (Å²) in [5, 5.41) is 18.1. The number of hydrogen-bond donors (Lipinski definition) is 2. The summed E-state index contributed by atoms with van der Waals surface area (Å²) in [4.78, 5) is 10.4. The number of rotatable bonds is 15. The molecule has 26 heavy (non-hydrogen) atoms. The van der Waals surface area contributed by atoms with Crippen LogP contribution in [0.2, 0.25) is 0 Å². The van der Waals surface area contributed by atoms with E-state index in [9.17, 15) is 9.90 Å². The Kier molecular flexibility index (Phi) is 17.6. The van der Waals surface area contributed by atoms with Crippen LogP contribution in [0.1, 0.15) is 71.1 Å². The van der Waals surface area contributed by atoms with E-state index in [4.69, 9.17) is 5.11 Å². The highest BCUT2D eigenvalue weighted by molar-refractivity contribution is 14.1. The number of aliphatic carboxylic acids is 1. The van der Waals surface area contributed by atoms with E-state index in [-0.39, 0.29) is 5.76 Å². The molecule has 0 amide bonds. The molecule has 0 heterocycles. The third-order valence-electron chi connectivity index (χ3n) is 3.81. The van der Waals surface area contributed by atoms with Crippen LogP contribution in [0.4, 0.5) is 0 Å². The summed E-state index contributed by atoms with van der Waals surface area (Å²) >= 11 is 1.96. The molecule has 0 aliphatic carbocycles. The quantitative estimate of drug-likeness (QED) is 0.0857. The summed E-state index contributed by atoms with van der Waals surface area (Å²) in [6, 6.07) is 0. The van der Waals surface area contributed by atoms with E-state index in [2.05, 4.69) is 13.0 Å². The van der Waals surface area contributed by atoms with Crippen LogP contribution >= 0.6 is 22.6 Å². The topological polar surface area (TPSA) is 57.5 Å². The Bertz CT molecular complexity index is 513. The number of halogens is 1. The van der Waals surface area contributed by atoms with Gasteiger partial charge in [0, 0.05) is 6.08 Å². The highest BCUT2D eigenvalue weighted by Crippen LogP contribution is 2.13. The van der Waals surface area contributed by atoms with E-state index < -0.39 is 5.97 Å². The first-order valence-electron chi connectivity index (χ1n) is 9.57. The molecule has 0 aromatic carbocycles. The lowest BCUT2D eigenvalue weighted by Crippen LogP contribution is -1.87. The molecule has 146 valence electrons. The van der Waals surface area contributed by atoms with Gasteiger partial charge >= 0.3 is 5.97 Å². The van der Waals surface area contributed by atoms with Crippen molar-refractivity contribution in [3.63, 3.8) is 0 Å². The van der Waals surface area contributed by atoms with Gasteiger partial charge in [-0.05, 0) is 47.6 Å². The zero-order valence-corrected chi connectivity index (χ0v) is 18.0. The third-order valence-corrected chi connectivity index (χ3v) is 4.73. The number of allylic oxidation sites excluding steroid dienone is 8. The lowest BCUT2D eigenvalue weighted by atomic mass is 10.1. The number of carboxylic acid groups (broad SMARTS) is 1. The standard InChI is InChI=1S/C22H33IO3/c1-2-3-4-5-6-7-8-9-10-11-12-13-14-15-16-17-20(23)21(24)18-19-22(25)26/h12-19,24H,2-11H2,1H3,(H,25,26). The van der Waals surface area contributed by atoms with Crippen molar-refractivity contribution in [2.45, 2.75) is 71.1 Å². The number of hydrogen-bond acceptors (Lipinski definition) is 2. The Morgan fingerprint density at radius 2 is 1.35 bits per heavy atom. The van der Waals surface area contributed by atoms with Gasteiger partial charge in [-0.2, -0.15) is 0 Å². The Hall–Kier alpha value is -1.30. The van der Waals surface area contributed by atoms with Crippen molar-refractivity contribution in [1.29, 1.82) is 0 Å². The zero-order valence-electron chi connectivity index (χ0n) is 15.9. The van der Waals surface area contributed by atoms with E-state index in [0.717, 1.165) is 12.5 Å². The molecule has 0 fully saturated rings. The number of aliphatic hydroxyl groups is 1. The minimum atomic E-state index is -1.08. The monoisotopic (exact) mass is 472 g/mol. The van der Waals surface area contributed by atoms with Gasteiger partial charge in [0.05, 0.1) is 3.58 Å². The van der Waals surface area contributed by atoms with Crippen LogP contribution in [0.5, 0.6) is 0 Å². The predicted octanol–water partition coefficient (Wildman–Crippen LogP) is 7.42. The molecule has 2 N–H and O–H groups in total. The van der Waals surface area contributed by atoms with Crippen molar-refractivity contribution in [3.8, 4) is 0 Å². The fraction of sp³-hybridized carbons (Fsp3) is 0.500. The number of carboxylic acids is 1. The largest absolute Gasteiger partial charge is 0.507 e. The molecule has 0 spiro atoms. The molecular weight excluding hydrogens is 439 g/mol. The first kappa shape index (κ1) is 24.7. The fourth-order valence-electron chi connectivity index (χ4n) is 2.33. The maximum absolute atomic E-state index is 10.4. The van der Waals surface area contributed by atoms with Gasteiger partial charge in [0.1, 0.15) is 5.76 Å². The molecule has 0 saturated carbocycles. The number of aliphatic hydroxyl groups excluding tert-OH is 1. The van der Waals surface area contributed by atoms with Gasteiger partial charge in [0.15, 0.2) is 0 Å². The molecule has 0 saturated heterocycles. The van der Waals surface area contributed by atoms with E-state index >= 15 is 0 Å². The molecule has 0 aromatic heterocycles. The molecule has 0 aromatic rings. The summed E-state index contributed by atoms with van der Waals surface area (Å²) in [6.45, 7) is 2.25. The van der Waals surface area contributed by atoms with Crippen molar-refractivity contribution in [2.24, 2.45) is 0 Å². The van der Waals surface area contributed by atoms with Gasteiger partial charge < -0.3 is 10.2 Å². The Morgan fingerprint density at radius 1 is 0.769 bits per heavy atom. The average molecular weight is 472 g/mol. The molecule has 3 nitrogen and oxygen atoms in total. The summed E-state index contributed by atoms with van der Waals surface area (Å²) < 4.78 is 0.587. The van der Waals surface area contributed by atoms with Crippen LogP contribution in [-0.4, -0.2) is 16.2 Å². The summed E-state index contributed by atoms with van der Waals surface area (Å²) in [5.74, 6) is -1.14. The molecule has 0 atom stereocenters. The highest BCUT2D eigenvalue weighted by atomic mass is 127. The SMILES string of the molecule is CCCCCCCCCCCC=CC=CC=CC(I)=C(O)C=CC(=O)O. The number of carbonyl (C=O) groups is 1. The normalized spacial score (nSPS) is 13.5. The van der Waals surface area contributed by atoms with Crippen molar-refractivity contribution in [3.05, 3.63) is 57.9 Å². The molecule has 0 bridgehead atoms. The van der Waals surface area contributed by atoms with E-state index in [1.807, 2.05) is 46.9 Å². The van der Waals surface area contributed by atoms with Crippen LogP contribution < -0.4 is 0 Å². The fourth-order valence-corrected chi connectivity index (χ4v) is 2.72. The summed E-state index contributed by atoms with van der Waals surface area (Å²) in [7, 11) is 0. The van der Waals surface area contributed by atoms with Gasteiger partial charge in [-0.15, -0.1) is 0 Å². The Morgan fingerprint density at radius 3 is 1.96 bits per heavy atom. The molecule has 0 radical (unpaired) electrons. The smallest absolute Gasteiger partial charge is 0.328 e. The third kappa shape index (κ3) is 17.5. The van der Waals surface area contributed by atoms with Crippen LogP contribution in [0.3, 0.4) is 0 Å². The van der Waals surface area contributed by atoms with Crippen LogP contribution in [0.15, 0.2) is 57.9 Å². The summed E-state index contributed by atoms with van der Waals surface area (Å²) in [6.07, 6.45) is 27.0. The number of unbranched alkanes of at least 4 members (excludes halogenated alkanes) is 9. The lowest BCUT2D eigenvalue weighted by Gasteiger charge is -2.00. The predicted molar refractivity (Wildman–Crippen MR) is 120 cm³/mol. The van der Waals surface area contributed by atoms with E-state index in [1.54, 1.807) is 6.08 Å². The first-order valence-corrected chi connectivity index (χ1v) is 10.7. The maximum Gasteiger partial charge on any atom is 0.328 e. The zero-order chi connectivity index (χ0) is 19.5. The molecular formula is C22H33IO3. The molecule has 4 heteroatoms. The van der Waals surface area contributed by atoms with Gasteiger partial charge in [-0.3, -0.25) is 0 Å². The minimum absolute atomic E-state index is 0.0569. The van der Waals surface area contributed by atoms with Crippen molar-refractivity contribution in [1.82, 2.24) is 0 Å². The molecule has 0 aliphatic heterocycles. The minimum Gasteiger partial charge on any atom is -0.507 e. The highest BCUT2D eigenvalue weighted by Gasteiger charge is 1.94. The van der Waals surface area contributed by atoms with Crippen LogP contribution in [0, 0.1) is 0 Å². The molecule has 0 unspecified atom stereocenters. The van der Waals surface area contributed by atoms with Gasteiger partial charge in [0.25, 0.3) is 0 Å². The average Bonchev–Trinajstić information content (AvgIpc) is 2.62. The first-order chi connectivity index (χ1) is 12.6. The van der Waals surface area contributed by atoms with E-state index in [0.29, 0.717) is 3.58 Å².